The van der Waals surface area contributed by atoms with Gasteiger partial charge in [0.25, 0.3) is 0 Å². The van der Waals surface area contributed by atoms with E-state index in [2.05, 4.69) is 27.0 Å². The highest BCUT2D eigenvalue weighted by atomic mass is 16.5. The van der Waals surface area contributed by atoms with Crippen molar-refractivity contribution in [2.24, 2.45) is 0 Å². The summed E-state index contributed by atoms with van der Waals surface area (Å²) in [7, 11) is 0. The van der Waals surface area contributed by atoms with E-state index in [4.69, 9.17) is 4.74 Å². The Morgan fingerprint density at radius 3 is 2.62 bits per heavy atom. The summed E-state index contributed by atoms with van der Waals surface area (Å²) in [4.78, 5) is 21.2. The van der Waals surface area contributed by atoms with Crippen LogP contribution in [0.5, 0.6) is 0 Å². The molecule has 134 valence electrons. The van der Waals surface area contributed by atoms with Crippen LogP contribution in [0.2, 0.25) is 0 Å². The minimum atomic E-state index is -0.266. The number of carbonyl (C=O) groups excluding carboxylic acids is 1. The summed E-state index contributed by atoms with van der Waals surface area (Å²) < 4.78 is 4.94. The topological polar surface area (TPSA) is 58.2 Å². The summed E-state index contributed by atoms with van der Waals surface area (Å²) in [6, 6.07) is 18.4. The first-order valence-electron chi connectivity index (χ1n) is 8.69. The van der Waals surface area contributed by atoms with E-state index in [0.29, 0.717) is 13.2 Å². The molecule has 0 amide bonds. The highest BCUT2D eigenvalue weighted by molar-refractivity contribution is 5.74. The fourth-order valence-corrected chi connectivity index (χ4v) is 2.78. The molecule has 2 aromatic carbocycles. The van der Waals surface area contributed by atoms with Crippen LogP contribution in [-0.2, 0) is 22.6 Å². The van der Waals surface area contributed by atoms with E-state index in [0.717, 1.165) is 29.9 Å². The van der Waals surface area contributed by atoms with Gasteiger partial charge in [-0.15, -0.1) is 0 Å². The average Bonchev–Trinajstić information content (AvgIpc) is 3.04. The lowest BCUT2D eigenvalue weighted by atomic mass is 10.2. The van der Waals surface area contributed by atoms with Crippen molar-refractivity contribution in [1.82, 2.24) is 14.9 Å². The molecule has 1 N–H and O–H groups in total. The number of carbonyl (C=O) groups is 1. The first-order valence-corrected chi connectivity index (χ1v) is 8.69. The number of nitrogens with one attached hydrogen (secondary N) is 1. The number of aromatic amines is 1. The predicted octanol–water partition coefficient (Wildman–Crippen LogP) is 3.68. The number of fused-ring (bicyclic) bond motifs is 1. The summed E-state index contributed by atoms with van der Waals surface area (Å²) >= 11 is 0. The number of para-hydroxylation sites is 2. The lowest BCUT2D eigenvalue weighted by Gasteiger charge is -2.19. The summed E-state index contributed by atoms with van der Waals surface area (Å²) in [6.45, 7) is 3.99. The monoisotopic (exact) mass is 349 g/mol. The van der Waals surface area contributed by atoms with Crippen molar-refractivity contribution in [2.45, 2.75) is 20.0 Å². The van der Waals surface area contributed by atoms with Crippen molar-refractivity contribution < 1.29 is 9.53 Å². The van der Waals surface area contributed by atoms with Gasteiger partial charge in [-0.3, -0.25) is 9.69 Å². The molecule has 1 heterocycles. The number of esters is 1. The summed E-state index contributed by atoms with van der Waals surface area (Å²) in [5, 5.41) is 0. The Bertz CT molecular complexity index is 838. The van der Waals surface area contributed by atoms with Gasteiger partial charge in [0.05, 0.1) is 17.6 Å². The van der Waals surface area contributed by atoms with Gasteiger partial charge in [-0.2, -0.15) is 0 Å². The van der Waals surface area contributed by atoms with E-state index >= 15 is 0 Å². The number of hydrogen-bond acceptors (Lipinski definition) is 4. The molecule has 0 unspecified atom stereocenters. The maximum Gasteiger partial charge on any atom is 0.302 e. The van der Waals surface area contributed by atoms with Crippen LogP contribution in [0.4, 0.5) is 0 Å². The van der Waals surface area contributed by atoms with Crippen molar-refractivity contribution >= 4 is 17.0 Å². The molecule has 3 rings (SSSR count). The minimum Gasteiger partial charge on any atom is -0.462 e. The second-order valence-corrected chi connectivity index (χ2v) is 6.13. The largest absolute Gasteiger partial charge is 0.462 e. The van der Waals surface area contributed by atoms with Crippen LogP contribution in [0.3, 0.4) is 0 Å². The normalized spacial score (nSPS) is 11.5. The highest BCUT2D eigenvalue weighted by Gasteiger charge is 2.09. The number of aromatic nitrogens is 2. The maximum absolute atomic E-state index is 10.8. The van der Waals surface area contributed by atoms with Crippen molar-refractivity contribution in [3.05, 3.63) is 78.1 Å². The zero-order valence-electron chi connectivity index (χ0n) is 14.9. The van der Waals surface area contributed by atoms with Gasteiger partial charge in [-0.1, -0.05) is 48.5 Å². The summed E-state index contributed by atoms with van der Waals surface area (Å²) in [5.74, 6) is 0.675. The number of benzene rings is 2. The molecule has 0 fully saturated rings. The summed E-state index contributed by atoms with van der Waals surface area (Å²) in [6.07, 6.45) is 3.90. The maximum atomic E-state index is 10.8. The molecular formula is C21H23N3O2. The van der Waals surface area contributed by atoms with Gasteiger partial charge in [0.1, 0.15) is 12.4 Å². The third-order valence-corrected chi connectivity index (χ3v) is 3.97. The lowest BCUT2D eigenvalue weighted by Crippen LogP contribution is -2.23. The Labute approximate surface area is 153 Å². The SMILES string of the molecule is CC(=O)OC/C=C/CN(Cc1ccccc1)Cc1nc2ccccc2[nH]1. The molecule has 5 nitrogen and oxygen atoms in total. The van der Waals surface area contributed by atoms with Gasteiger partial charge in [0.15, 0.2) is 0 Å². The van der Waals surface area contributed by atoms with Crippen LogP contribution in [-0.4, -0.2) is 34.0 Å². The van der Waals surface area contributed by atoms with Crippen LogP contribution < -0.4 is 0 Å². The van der Waals surface area contributed by atoms with E-state index in [1.807, 2.05) is 54.6 Å². The smallest absolute Gasteiger partial charge is 0.302 e. The van der Waals surface area contributed by atoms with Crippen molar-refractivity contribution in [3.63, 3.8) is 0 Å². The van der Waals surface area contributed by atoms with Crippen LogP contribution >= 0.6 is 0 Å². The number of hydrogen-bond donors (Lipinski definition) is 1. The fourth-order valence-electron chi connectivity index (χ4n) is 2.78. The molecule has 3 aromatic rings. The molecule has 0 atom stereocenters. The summed E-state index contributed by atoms with van der Waals surface area (Å²) in [5.41, 5.74) is 3.28. The number of H-pyrrole nitrogens is 1. The number of ether oxygens (including phenoxy) is 1. The molecule has 0 aliphatic carbocycles. The van der Waals surface area contributed by atoms with E-state index in [1.165, 1.54) is 12.5 Å². The molecule has 0 saturated heterocycles. The van der Waals surface area contributed by atoms with E-state index in [9.17, 15) is 4.79 Å². The Hall–Kier alpha value is -2.92. The minimum absolute atomic E-state index is 0.266. The molecule has 0 aliphatic rings. The van der Waals surface area contributed by atoms with Crippen LogP contribution in [0.15, 0.2) is 66.7 Å². The Morgan fingerprint density at radius 2 is 1.85 bits per heavy atom. The van der Waals surface area contributed by atoms with E-state index in [-0.39, 0.29) is 5.97 Å². The highest BCUT2D eigenvalue weighted by Crippen LogP contribution is 2.13. The molecule has 1 aromatic heterocycles. The van der Waals surface area contributed by atoms with Gasteiger partial charge in [0, 0.05) is 20.0 Å². The Balaban J connectivity index is 1.68. The lowest BCUT2D eigenvalue weighted by molar-refractivity contribution is -0.139. The van der Waals surface area contributed by atoms with Gasteiger partial charge >= 0.3 is 5.97 Å². The van der Waals surface area contributed by atoms with Gasteiger partial charge in [-0.25, -0.2) is 4.98 Å². The third-order valence-electron chi connectivity index (χ3n) is 3.97. The fraction of sp³-hybridized carbons (Fsp3) is 0.238. The van der Waals surface area contributed by atoms with Gasteiger partial charge in [0.2, 0.25) is 0 Å². The van der Waals surface area contributed by atoms with Crippen molar-refractivity contribution in [1.29, 1.82) is 0 Å². The van der Waals surface area contributed by atoms with Crippen LogP contribution in [0.1, 0.15) is 18.3 Å². The van der Waals surface area contributed by atoms with E-state index in [1.54, 1.807) is 0 Å². The molecule has 5 heteroatoms. The van der Waals surface area contributed by atoms with Crippen molar-refractivity contribution in [2.75, 3.05) is 13.2 Å². The first-order chi connectivity index (χ1) is 12.7. The molecule has 0 aliphatic heterocycles. The second kappa shape index (κ2) is 8.97. The standard InChI is InChI=1S/C21H23N3O2/c1-17(25)26-14-8-7-13-24(15-18-9-3-2-4-10-18)16-21-22-19-11-5-6-12-20(19)23-21/h2-12H,13-16H2,1H3,(H,22,23)/b8-7+. The predicted molar refractivity (Wildman–Crippen MR) is 102 cm³/mol. The Morgan fingerprint density at radius 1 is 1.08 bits per heavy atom. The molecule has 26 heavy (non-hydrogen) atoms. The van der Waals surface area contributed by atoms with Crippen molar-refractivity contribution in [3.8, 4) is 0 Å². The van der Waals surface area contributed by atoms with E-state index < -0.39 is 0 Å². The zero-order chi connectivity index (χ0) is 18.2. The van der Waals surface area contributed by atoms with Gasteiger partial charge < -0.3 is 9.72 Å². The molecular weight excluding hydrogens is 326 g/mol. The van der Waals surface area contributed by atoms with Crippen LogP contribution in [0.25, 0.3) is 11.0 Å². The number of imidazole rings is 1. The van der Waals surface area contributed by atoms with Gasteiger partial charge in [-0.05, 0) is 23.8 Å². The zero-order valence-corrected chi connectivity index (χ0v) is 14.9. The third kappa shape index (κ3) is 5.29. The quantitative estimate of drug-likeness (QED) is 0.498. The number of nitrogens with zero attached hydrogens (tertiary/aromatic N) is 2. The average molecular weight is 349 g/mol. The van der Waals surface area contributed by atoms with Crippen LogP contribution in [0, 0.1) is 0 Å². The Kier molecular flexibility index (Phi) is 6.17. The molecule has 0 spiro atoms. The molecule has 0 radical (unpaired) electrons. The number of rotatable bonds is 8. The first kappa shape index (κ1) is 17.9. The second-order valence-electron chi connectivity index (χ2n) is 6.13. The molecule has 0 saturated carbocycles. The molecule has 0 bridgehead atoms.